The zero-order chi connectivity index (χ0) is 19.3. The van der Waals surface area contributed by atoms with E-state index in [1.807, 2.05) is 73.0 Å². The molecule has 4 aromatic rings. The normalized spacial score (nSPS) is 10.6. The third-order valence-electron chi connectivity index (χ3n) is 3.99. The molecule has 0 aliphatic carbocycles. The summed E-state index contributed by atoms with van der Waals surface area (Å²) in [5.41, 5.74) is 2.43. The maximum absolute atomic E-state index is 12.3. The maximum atomic E-state index is 12.3. The van der Waals surface area contributed by atoms with Gasteiger partial charge in [-0.15, -0.1) is 11.3 Å². The van der Waals surface area contributed by atoms with Crippen molar-refractivity contribution in [3.05, 3.63) is 83.6 Å². The van der Waals surface area contributed by atoms with Gasteiger partial charge in [-0.05, 0) is 60.3 Å². The van der Waals surface area contributed by atoms with E-state index >= 15 is 0 Å². The van der Waals surface area contributed by atoms with E-state index in [0.29, 0.717) is 23.0 Å². The third-order valence-corrected chi connectivity index (χ3v) is 4.85. The summed E-state index contributed by atoms with van der Waals surface area (Å²) in [6.07, 6.45) is 1.67. The molecule has 0 bridgehead atoms. The van der Waals surface area contributed by atoms with Crippen LogP contribution in [0.1, 0.15) is 11.3 Å². The number of oxazole rings is 1. The van der Waals surface area contributed by atoms with Crippen molar-refractivity contribution in [3.63, 3.8) is 0 Å². The third kappa shape index (κ3) is 4.47. The van der Waals surface area contributed by atoms with Gasteiger partial charge in [0.1, 0.15) is 17.8 Å². The number of hydrogen-bond donors (Lipinski definition) is 1. The van der Waals surface area contributed by atoms with Gasteiger partial charge in [-0.2, -0.15) is 0 Å². The van der Waals surface area contributed by atoms with Gasteiger partial charge in [-0.1, -0.05) is 18.2 Å². The summed E-state index contributed by atoms with van der Waals surface area (Å²) in [7, 11) is 0. The van der Waals surface area contributed by atoms with Gasteiger partial charge in [0.15, 0.2) is 0 Å². The second-order valence-electron chi connectivity index (χ2n) is 6.29. The second kappa shape index (κ2) is 8.10. The molecule has 2 aromatic heterocycles. The summed E-state index contributed by atoms with van der Waals surface area (Å²) in [6, 6.07) is 19.0. The van der Waals surface area contributed by atoms with Crippen LogP contribution in [0.2, 0.25) is 0 Å². The van der Waals surface area contributed by atoms with Crippen molar-refractivity contribution in [2.24, 2.45) is 0 Å². The van der Waals surface area contributed by atoms with Crippen LogP contribution >= 0.6 is 11.3 Å². The number of benzene rings is 2. The van der Waals surface area contributed by atoms with E-state index < -0.39 is 0 Å². The molecule has 2 aromatic carbocycles. The van der Waals surface area contributed by atoms with Gasteiger partial charge in [-0.25, -0.2) is 4.98 Å². The van der Waals surface area contributed by atoms with Gasteiger partial charge in [0, 0.05) is 5.69 Å². The van der Waals surface area contributed by atoms with Gasteiger partial charge >= 0.3 is 0 Å². The number of ether oxygens (including phenoxy) is 1. The number of thiophene rings is 1. The molecule has 6 heteroatoms. The van der Waals surface area contributed by atoms with E-state index in [1.165, 1.54) is 6.26 Å². The van der Waals surface area contributed by atoms with Crippen LogP contribution in [0.4, 0.5) is 5.69 Å². The number of hydrogen-bond acceptors (Lipinski definition) is 5. The Morgan fingerprint density at radius 1 is 1.11 bits per heavy atom. The number of nitrogens with one attached hydrogen (secondary N) is 1. The molecular formula is C22H18N2O3S. The number of nitrogens with zero attached hydrogens (tertiary/aromatic N) is 1. The Hall–Kier alpha value is -3.38. The van der Waals surface area contributed by atoms with Gasteiger partial charge in [0.2, 0.25) is 11.8 Å². The van der Waals surface area contributed by atoms with Crippen molar-refractivity contribution in [2.45, 2.75) is 13.3 Å². The quantitative estimate of drug-likeness (QED) is 0.460. The van der Waals surface area contributed by atoms with Crippen molar-refractivity contribution in [1.29, 1.82) is 0 Å². The smallest absolute Gasteiger partial charge is 0.236 e. The molecule has 0 fully saturated rings. The molecule has 2 heterocycles. The number of amides is 1. The predicted molar refractivity (Wildman–Crippen MR) is 110 cm³/mol. The van der Waals surface area contributed by atoms with E-state index in [1.54, 1.807) is 11.3 Å². The van der Waals surface area contributed by atoms with E-state index in [9.17, 15) is 4.79 Å². The molecule has 0 aliphatic rings. The van der Waals surface area contributed by atoms with Crippen molar-refractivity contribution in [1.82, 2.24) is 4.98 Å². The molecule has 0 atom stereocenters. The molecule has 0 saturated carbocycles. The molecule has 0 saturated heterocycles. The molecule has 5 nitrogen and oxygen atoms in total. The first kappa shape index (κ1) is 18.0. The van der Waals surface area contributed by atoms with Crippen LogP contribution in [-0.2, 0) is 11.2 Å². The van der Waals surface area contributed by atoms with Crippen molar-refractivity contribution < 1.29 is 13.9 Å². The fourth-order valence-electron chi connectivity index (χ4n) is 2.69. The first-order valence-corrected chi connectivity index (χ1v) is 9.66. The molecule has 0 radical (unpaired) electrons. The SMILES string of the molecule is Cc1cccc(Oc2ccc(NC(=O)Cc3coc(-c4cccs4)n3)cc2)c1. The van der Waals surface area contributed by atoms with Crippen LogP contribution in [0.3, 0.4) is 0 Å². The van der Waals surface area contributed by atoms with Crippen LogP contribution in [-0.4, -0.2) is 10.9 Å². The average Bonchev–Trinajstić information content (AvgIpc) is 3.35. The Kier molecular flexibility index (Phi) is 5.21. The van der Waals surface area contributed by atoms with Gasteiger partial charge < -0.3 is 14.5 Å². The number of rotatable bonds is 6. The largest absolute Gasteiger partial charge is 0.457 e. The monoisotopic (exact) mass is 390 g/mol. The highest BCUT2D eigenvalue weighted by molar-refractivity contribution is 7.13. The van der Waals surface area contributed by atoms with Gasteiger partial charge in [0.25, 0.3) is 0 Å². The zero-order valence-electron chi connectivity index (χ0n) is 15.2. The number of carbonyl (C=O) groups excluding carboxylic acids is 1. The minimum atomic E-state index is -0.154. The standard InChI is InChI=1S/C22H18N2O3S/c1-15-4-2-5-19(12-15)27-18-9-7-16(8-10-18)23-21(25)13-17-14-26-22(24-17)20-6-3-11-28-20/h2-12,14H,13H2,1H3,(H,23,25). The molecule has 1 amide bonds. The number of aromatic nitrogens is 1. The molecule has 140 valence electrons. The molecule has 1 N–H and O–H groups in total. The number of anilines is 1. The zero-order valence-corrected chi connectivity index (χ0v) is 16.0. The maximum Gasteiger partial charge on any atom is 0.236 e. The van der Waals surface area contributed by atoms with Crippen LogP contribution < -0.4 is 10.1 Å². The topological polar surface area (TPSA) is 64.4 Å². The Morgan fingerprint density at radius 2 is 1.96 bits per heavy atom. The van der Waals surface area contributed by atoms with Gasteiger partial charge in [0.05, 0.1) is 17.0 Å². The lowest BCUT2D eigenvalue weighted by molar-refractivity contribution is -0.115. The minimum absolute atomic E-state index is 0.149. The summed E-state index contributed by atoms with van der Waals surface area (Å²) in [4.78, 5) is 17.6. The molecular weight excluding hydrogens is 372 g/mol. The summed E-state index contributed by atoms with van der Waals surface area (Å²) < 4.78 is 11.3. The molecule has 0 spiro atoms. The summed E-state index contributed by atoms with van der Waals surface area (Å²) >= 11 is 1.54. The highest BCUT2D eigenvalue weighted by Crippen LogP contribution is 2.25. The first-order chi connectivity index (χ1) is 13.7. The van der Waals surface area contributed by atoms with Crippen molar-refractivity contribution in [3.8, 4) is 22.3 Å². The second-order valence-corrected chi connectivity index (χ2v) is 7.24. The Labute approximate surface area is 166 Å². The Balaban J connectivity index is 1.34. The van der Waals surface area contributed by atoms with Crippen LogP contribution in [0.5, 0.6) is 11.5 Å². The van der Waals surface area contributed by atoms with E-state index in [0.717, 1.165) is 16.2 Å². The first-order valence-electron chi connectivity index (χ1n) is 8.78. The van der Waals surface area contributed by atoms with Crippen LogP contribution in [0.15, 0.2) is 76.7 Å². The number of carbonyl (C=O) groups is 1. The summed E-state index contributed by atoms with van der Waals surface area (Å²) in [5.74, 6) is 1.87. The van der Waals surface area contributed by atoms with Crippen LogP contribution in [0.25, 0.3) is 10.8 Å². The molecule has 0 aliphatic heterocycles. The van der Waals surface area contributed by atoms with Gasteiger partial charge in [-0.3, -0.25) is 4.79 Å². The highest BCUT2D eigenvalue weighted by atomic mass is 32.1. The molecule has 4 rings (SSSR count). The van der Waals surface area contributed by atoms with E-state index in [4.69, 9.17) is 9.15 Å². The average molecular weight is 390 g/mol. The Bertz CT molecular complexity index is 1070. The summed E-state index contributed by atoms with van der Waals surface area (Å²) in [5, 5.41) is 4.82. The fraction of sp³-hybridized carbons (Fsp3) is 0.0909. The Morgan fingerprint density at radius 3 is 2.71 bits per heavy atom. The van der Waals surface area contributed by atoms with Crippen molar-refractivity contribution in [2.75, 3.05) is 5.32 Å². The lowest BCUT2D eigenvalue weighted by Crippen LogP contribution is -2.14. The fourth-order valence-corrected chi connectivity index (χ4v) is 3.35. The molecule has 28 heavy (non-hydrogen) atoms. The predicted octanol–water partition coefficient (Wildman–Crippen LogP) is 5.69. The summed E-state index contributed by atoms with van der Waals surface area (Å²) in [6.45, 7) is 2.02. The number of aryl methyl sites for hydroxylation is 1. The molecule has 0 unspecified atom stereocenters. The lowest BCUT2D eigenvalue weighted by Gasteiger charge is -2.08. The highest BCUT2D eigenvalue weighted by Gasteiger charge is 2.11. The van der Waals surface area contributed by atoms with Crippen LogP contribution in [0, 0.1) is 6.92 Å². The van der Waals surface area contributed by atoms with E-state index in [2.05, 4.69) is 10.3 Å². The van der Waals surface area contributed by atoms with E-state index in [-0.39, 0.29) is 12.3 Å². The van der Waals surface area contributed by atoms with Crippen molar-refractivity contribution >= 4 is 22.9 Å². The minimum Gasteiger partial charge on any atom is -0.457 e. The lowest BCUT2D eigenvalue weighted by atomic mass is 10.2.